The Balaban J connectivity index is 1.28. The van der Waals surface area contributed by atoms with E-state index in [0.717, 1.165) is 43.6 Å². The molecule has 0 saturated heterocycles. The minimum absolute atomic E-state index is 0.0317. The van der Waals surface area contributed by atoms with Crippen LogP contribution >= 0.6 is 0 Å². The summed E-state index contributed by atoms with van der Waals surface area (Å²) in [5, 5.41) is 3.14. The van der Waals surface area contributed by atoms with Crippen molar-refractivity contribution in [3.05, 3.63) is 102 Å². The molecule has 0 bridgehead atoms. The van der Waals surface area contributed by atoms with Gasteiger partial charge >= 0.3 is 0 Å². The summed E-state index contributed by atoms with van der Waals surface area (Å²) >= 11 is 0. The van der Waals surface area contributed by atoms with Gasteiger partial charge in [0.05, 0.1) is 5.56 Å². The van der Waals surface area contributed by atoms with Gasteiger partial charge in [0.25, 0.3) is 5.91 Å². The van der Waals surface area contributed by atoms with Crippen LogP contribution in [0.5, 0.6) is 11.5 Å². The molecule has 2 aromatic carbocycles. The topological polar surface area (TPSA) is 51.2 Å². The summed E-state index contributed by atoms with van der Waals surface area (Å²) < 4.78 is 5.93. The van der Waals surface area contributed by atoms with Crippen molar-refractivity contribution in [1.82, 2.24) is 10.3 Å². The lowest BCUT2D eigenvalue weighted by Crippen LogP contribution is -2.36. The first-order chi connectivity index (χ1) is 14.8. The van der Waals surface area contributed by atoms with Gasteiger partial charge in [-0.2, -0.15) is 0 Å². The number of hydrogen-bond acceptors (Lipinski definition) is 3. The van der Waals surface area contributed by atoms with Crippen LogP contribution in [0, 0.1) is 0 Å². The maximum absolute atomic E-state index is 12.3. The first-order valence-corrected chi connectivity index (χ1v) is 10.5. The van der Waals surface area contributed by atoms with Crippen molar-refractivity contribution in [3.63, 3.8) is 0 Å². The van der Waals surface area contributed by atoms with Crippen molar-refractivity contribution < 1.29 is 9.53 Å². The molecule has 1 saturated carbocycles. The van der Waals surface area contributed by atoms with E-state index in [4.69, 9.17) is 4.74 Å². The zero-order valence-corrected chi connectivity index (χ0v) is 17.0. The molecule has 0 unspecified atom stereocenters. The molecule has 152 valence electrons. The van der Waals surface area contributed by atoms with Gasteiger partial charge in [-0.3, -0.25) is 9.78 Å². The third kappa shape index (κ3) is 5.57. The molecule has 4 nitrogen and oxygen atoms in total. The van der Waals surface area contributed by atoms with E-state index in [1.54, 1.807) is 24.5 Å². The van der Waals surface area contributed by atoms with E-state index in [-0.39, 0.29) is 11.9 Å². The van der Waals surface area contributed by atoms with E-state index in [9.17, 15) is 4.79 Å². The standard InChI is InChI=1S/C26H26N2O2/c29-26(22-7-5-17-27-19-22)28-23-15-13-20(14-16-23)11-12-21-6-4-10-25(18-21)30-24-8-2-1-3-9-24/h1-11,17-19,23H,12-16H2,(H,28,29). The molecule has 1 aromatic heterocycles. The molecular formula is C26H26N2O2. The lowest BCUT2D eigenvalue weighted by atomic mass is 9.89. The van der Waals surface area contributed by atoms with Gasteiger partial charge in [-0.1, -0.05) is 42.0 Å². The van der Waals surface area contributed by atoms with Crippen LogP contribution in [0.25, 0.3) is 0 Å². The predicted octanol–water partition coefficient (Wildman–Crippen LogP) is 5.72. The summed E-state index contributed by atoms with van der Waals surface area (Å²) in [6, 6.07) is 21.9. The lowest BCUT2D eigenvalue weighted by molar-refractivity contribution is 0.0930. The van der Waals surface area contributed by atoms with E-state index >= 15 is 0 Å². The molecular weight excluding hydrogens is 372 g/mol. The second-order valence-electron chi connectivity index (χ2n) is 7.62. The van der Waals surface area contributed by atoms with E-state index in [1.165, 1.54) is 11.1 Å². The van der Waals surface area contributed by atoms with Crippen LogP contribution in [0.2, 0.25) is 0 Å². The molecule has 1 aliphatic rings. The van der Waals surface area contributed by atoms with Gasteiger partial charge in [-0.05, 0) is 74.1 Å². The maximum Gasteiger partial charge on any atom is 0.253 e. The predicted molar refractivity (Wildman–Crippen MR) is 119 cm³/mol. The normalized spacial score (nSPS) is 16.0. The number of aromatic nitrogens is 1. The highest BCUT2D eigenvalue weighted by Crippen LogP contribution is 2.26. The van der Waals surface area contributed by atoms with Crippen molar-refractivity contribution in [2.75, 3.05) is 0 Å². The van der Waals surface area contributed by atoms with Gasteiger partial charge in [0.15, 0.2) is 0 Å². The van der Waals surface area contributed by atoms with Crippen LogP contribution in [-0.2, 0) is 6.42 Å². The smallest absolute Gasteiger partial charge is 0.253 e. The number of benzene rings is 2. The second kappa shape index (κ2) is 9.88. The Bertz CT molecular complexity index is 990. The Morgan fingerprint density at radius 3 is 2.57 bits per heavy atom. The molecule has 1 heterocycles. The maximum atomic E-state index is 12.3. The number of nitrogens with one attached hydrogen (secondary N) is 1. The number of rotatable bonds is 6. The molecule has 4 heteroatoms. The minimum Gasteiger partial charge on any atom is -0.457 e. The Labute approximate surface area is 177 Å². The SMILES string of the molecule is O=C(NC1CCC(=CCc2cccc(Oc3ccccc3)c2)CC1)c1cccnc1. The minimum atomic E-state index is -0.0317. The van der Waals surface area contributed by atoms with E-state index in [1.807, 2.05) is 42.5 Å². The van der Waals surface area contributed by atoms with Gasteiger partial charge in [0, 0.05) is 18.4 Å². The first kappa shape index (κ1) is 19.9. The summed E-state index contributed by atoms with van der Waals surface area (Å²) in [7, 11) is 0. The number of ether oxygens (including phenoxy) is 1. The molecule has 30 heavy (non-hydrogen) atoms. The van der Waals surface area contributed by atoms with Gasteiger partial charge in [0.1, 0.15) is 11.5 Å². The van der Waals surface area contributed by atoms with Crippen LogP contribution in [0.1, 0.15) is 41.6 Å². The van der Waals surface area contributed by atoms with Gasteiger partial charge in [-0.25, -0.2) is 0 Å². The fourth-order valence-electron chi connectivity index (χ4n) is 3.73. The fraction of sp³-hybridized carbons (Fsp3) is 0.231. The molecule has 4 rings (SSSR count). The monoisotopic (exact) mass is 398 g/mol. The van der Waals surface area contributed by atoms with Crippen LogP contribution < -0.4 is 10.1 Å². The fourth-order valence-corrected chi connectivity index (χ4v) is 3.73. The number of pyridine rings is 1. The molecule has 1 fully saturated rings. The zero-order valence-electron chi connectivity index (χ0n) is 17.0. The van der Waals surface area contributed by atoms with E-state index in [2.05, 4.69) is 28.5 Å². The lowest BCUT2D eigenvalue weighted by Gasteiger charge is -2.25. The Morgan fingerprint density at radius 2 is 1.80 bits per heavy atom. The average Bonchev–Trinajstić information content (AvgIpc) is 2.80. The second-order valence-corrected chi connectivity index (χ2v) is 7.62. The number of amides is 1. The molecule has 1 N–H and O–H groups in total. The first-order valence-electron chi connectivity index (χ1n) is 10.5. The number of hydrogen-bond donors (Lipinski definition) is 1. The Kier molecular flexibility index (Phi) is 6.55. The molecule has 0 atom stereocenters. The van der Waals surface area contributed by atoms with E-state index < -0.39 is 0 Å². The summed E-state index contributed by atoms with van der Waals surface area (Å²) in [5.74, 6) is 1.68. The van der Waals surface area contributed by atoms with Crippen molar-refractivity contribution >= 4 is 5.91 Å². The van der Waals surface area contributed by atoms with E-state index in [0.29, 0.717) is 5.56 Å². The zero-order chi connectivity index (χ0) is 20.6. The third-order valence-corrected chi connectivity index (χ3v) is 5.39. The van der Waals surface area contributed by atoms with Gasteiger partial charge in [-0.15, -0.1) is 0 Å². The highest BCUT2D eigenvalue weighted by Gasteiger charge is 2.19. The van der Waals surface area contributed by atoms with Crippen LogP contribution in [0.15, 0.2) is 90.8 Å². The number of carbonyl (C=O) groups is 1. The number of allylic oxidation sites excluding steroid dienone is 2. The van der Waals surface area contributed by atoms with Crippen LogP contribution in [0.4, 0.5) is 0 Å². The summed E-state index contributed by atoms with van der Waals surface area (Å²) in [5.41, 5.74) is 3.33. The molecule has 0 radical (unpaired) electrons. The largest absolute Gasteiger partial charge is 0.457 e. The molecule has 1 aliphatic carbocycles. The van der Waals surface area contributed by atoms with Crippen molar-refractivity contribution in [1.29, 1.82) is 0 Å². The van der Waals surface area contributed by atoms with Gasteiger partial charge < -0.3 is 10.1 Å². The highest BCUT2D eigenvalue weighted by atomic mass is 16.5. The Hall–Kier alpha value is -3.40. The third-order valence-electron chi connectivity index (χ3n) is 5.39. The molecule has 0 aliphatic heterocycles. The summed E-state index contributed by atoms with van der Waals surface area (Å²) in [4.78, 5) is 16.3. The van der Waals surface area contributed by atoms with Crippen molar-refractivity contribution in [2.45, 2.75) is 38.1 Å². The average molecular weight is 399 g/mol. The highest BCUT2D eigenvalue weighted by molar-refractivity contribution is 5.94. The van der Waals surface area contributed by atoms with Gasteiger partial charge in [0.2, 0.25) is 0 Å². The number of nitrogens with zero attached hydrogens (tertiary/aromatic N) is 1. The molecule has 1 amide bonds. The number of carbonyl (C=O) groups excluding carboxylic acids is 1. The number of para-hydroxylation sites is 1. The van der Waals surface area contributed by atoms with Crippen molar-refractivity contribution in [3.8, 4) is 11.5 Å². The molecule has 3 aromatic rings. The Morgan fingerprint density at radius 1 is 1.00 bits per heavy atom. The van der Waals surface area contributed by atoms with Crippen LogP contribution in [0.3, 0.4) is 0 Å². The summed E-state index contributed by atoms with van der Waals surface area (Å²) in [6.07, 6.45) is 10.5. The summed E-state index contributed by atoms with van der Waals surface area (Å²) in [6.45, 7) is 0. The molecule has 0 spiro atoms. The van der Waals surface area contributed by atoms with Crippen LogP contribution in [-0.4, -0.2) is 16.9 Å². The van der Waals surface area contributed by atoms with Crippen molar-refractivity contribution in [2.24, 2.45) is 0 Å². The quantitative estimate of drug-likeness (QED) is 0.541.